The van der Waals surface area contributed by atoms with Crippen LogP contribution >= 0.6 is 0 Å². The normalized spacial score (nSPS) is 28.0. The first kappa shape index (κ1) is 22.8. The molecule has 0 aromatic carbocycles. The van der Waals surface area contributed by atoms with Gasteiger partial charge in [-0.2, -0.15) is 4.98 Å². The largest absolute Gasteiger partial charge is 0.356 e. The lowest BCUT2D eigenvalue weighted by Crippen LogP contribution is -2.57. The van der Waals surface area contributed by atoms with Crippen LogP contribution < -0.4 is 15.5 Å². The van der Waals surface area contributed by atoms with E-state index in [0.717, 1.165) is 58.1 Å². The van der Waals surface area contributed by atoms with Gasteiger partial charge in [-0.25, -0.2) is 4.98 Å². The van der Waals surface area contributed by atoms with E-state index in [1.54, 1.807) is 0 Å². The topological polar surface area (TPSA) is 76.6 Å². The second kappa shape index (κ2) is 11.0. The van der Waals surface area contributed by atoms with E-state index >= 15 is 0 Å². The van der Waals surface area contributed by atoms with Crippen LogP contribution in [0.15, 0.2) is 12.3 Å². The molecule has 1 aromatic heterocycles. The van der Waals surface area contributed by atoms with Crippen molar-refractivity contribution in [1.29, 1.82) is 0 Å². The highest BCUT2D eigenvalue weighted by Gasteiger charge is 2.44. The second-order valence-electron chi connectivity index (χ2n) is 10.2. The monoisotopic (exact) mass is 455 g/mol. The zero-order valence-corrected chi connectivity index (χ0v) is 20.1. The molecule has 182 valence electrons. The Morgan fingerprint density at radius 1 is 0.909 bits per heavy atom. The van der Waals surface area contributed by atoms with Gasteiger partial charge in [0, 0.05) is 58.1 Å². The molecule has 5 rings (SSSR count). The zero-order valence-electron chi connectivity index (χ0n) is 20.1. The number of amides is 1. The summed E-state index contributed by atoms with van der Waals surface area (Å²) in [5.41, 5.74) is 0. The first-order chi connectivity index (χ1) is 16.3. The van der Waals surface area contributed by atoms with Crippen molar-refractivity contribution in [3.63, 3.8) is 0 Å². The van der Waals surface area contributed by atoms with Crippen molar-refractivity contribution in [2.45, 2.75) is 82.3 Å². The molecule has 0 radical (unpaired) electrons. The van der Waals surface area contributed by atoms with Crippen molar-refractivity contribution in [1.82, 2.24) is 25.1 Å². The predicted molar refractivity (Wildman–Crippen MR) is 132 cm³/mol. The Bertz CT molecular complexity index is 770. The number of hydrogen-bond donors (Lipinski definition) is 2. The molecule has 1 aromatic rings. The number of aromatic nitrogens is 2. The van der Waals surface area contributed by atoms with E-state index in [1.807, 2.05) is 12.3 Å². The molecule has 0 bridgehead atoms. The summed E-state index contributed by atoms with van der Waals surface area (Å²) in [5, 5.41) is 7.00. The van der Waals surface area contributed by atoms with Gasteiger partial charge in [0.25, 0.3) is 0 Å². The number of rotatable bonds is 5. The summed E-state index contributed by atoms with van der Waals surface area (Å²) in [6.07, 6.45) is 14.3. The maximum absolute atomic E-state index is 13.8. The summed E-state index contributed by atoms with van der Waals surface area (Å²) < 4.78 is 0. The molecule has 2 atom stereocenters. The van der Waals surface area contributed by atoms with Crippen LogP contribution in [0, 0.1) is 0 Å². The van der Waals surface area contributed by atoms with Crippen LogP contribution in [0.5, 0.6) is 0 Å². The molecule has 2 N–H and O–H groups in total. The summed E-state index contributed by atoms with van der Waals surface area (Å²) in [5.74, 6) is 1.98. The lowest BCUT2D eigenvalue weighted by atomic mass is 9.93. The van der Waals surface area contributed by atoms with Crippen molar-refractivity contribution < 1.29 is 4.79 Å². The second-order valence-corrected chi connectivity index (χ2v) is 10.2. The molecule has 4 heterocycles. The number of hydrogen-bond acceptors (Lipinski definition) is 7. The molecular formula is C25H41N7O. The molecule has 8 nitrogen and oxygen atoms in total. The van der Waals surface area contributed by atoms with Crippen molar-refractivity contribution in [3.8, 4) is 0 Å². The van der Waals surface area contributed by atoms with Crippen LogP contribution in [0.25, 0.3) is 0 Å². The standard InChI is InChI=1S/C25H41N7O/c33-24(31-18-13-26-14-19-31)23-21(11-17-32(23)20-8-4-3-5-9-20)28-25-27-12-10-22(29-25)30-15-6-1-2-7-16-30/h10,12,20-21,23,26H,1-9,11,13-19H2,(H,27,28,29)/t21-,23-/m0/s1. The summed E-state index contributed by atoms with van der Waals surface area (Å²) in [7, 11) is 0. The van der Waals surface area contributed by atoms with Crippen molar-refractivity contribution >= 4 is 17.7 Å². The van der Waals surface area contributed by atoms with Crippen LogP contribution in [0.1, 0.15) is 64.2 Å². The van der Waals surface area contributed by atoms with Gasteiger partial charge in [0.1, 0.15) is 11.9 Å². The van der Waals surface area contributed by atoms with Gasteiger partial charge >= 0.3 is 0 Å². The maximum atomic E-state index is 13.8. The molecular weight excluding hydrogens is 414 g/mol. The minimum absolute atomic E-state index is 0.0636. The van der Waals surface area contributed by atoms with Gasteiger partial charge in [0.05, 0.1) is 6.04 Å². The number of piperazine rings is 1. The van der Waals surface area contributed by atoms with Gasteiger partial charge in [-0.15, -0.1) is 0 Å². The first-order valence-electron chi connectivity index (χ1n) is 13.4. The average molecular weight is 456 g/mol. The molecule has 3 aliphatic heterocycles. The van der Waals surface area contributed by atoms with E-state index < -0.39 is 0 Å². The van der Waals surface area contributed by atoms with E-state index in [0.29, 0.717) is 17.9 Å². The van der Waals surface area contributed by atoms with Gasteiger partial charge in [0.2, 0.25) is 11.9 Å². The number of likely N-dealkylation sites (tertiary alicyclic amines) is 1. The van der Waals surface area contributed by atoms with Crippen molar-refractivity contribution in [2.24, 2.45) is 0 Å². The highest BCUT2D eigenvalue weighted by Crippen LogP contribution is 2.32. The summed E-state index contributed by atoms with van der Waals surface area (Å²) >= 11 is 0. The maximum Gasteiger partial charge on any atom is 0.242 e. The van der Waals surface area contributed by atoms with Crippen LogP contribution in [0.4, 0.5) is 11.8 Å². The van der Waals surface area contributed by atoms with Crippen LogP contribution in [0.2, 0.25) is 0 Å². The van der Waals surface area contributed by atoms with Crippen molar-refractivity contribution in [3.05, 3.63) is 12.3 Å². The van der Waals surface area contributed by atoms with E-state index in [9.17, 15) is 4.79 Å². The highest BCUT2D eigenvalue weighted by molar-refractivity contribution is 5.84. The molecule has 1 aliphatic carbocycles. The van der Waals surface area contributed by atoms with Crippen molar-refractivity contribution in [2.75, 3.05) is 56.0 Å². The van der Waals surface area contributed by atoms with E-state index in [2.05, 4.69) is 30.3 Å². The molecule has 1 saturated carbocycles. The van der Waals surface area contributed by atoms with Gasteiger partial charge in [0.15, 0.2) is 0 Å². The number of carbonyl (C=O) groups is 1. The molecule has 8 heteroatoms. The molecule has 1 amide bonds. The van der Waals surface area contributed by atoms with Gasteiger partial charge < -0.3 is 20.4 Å². The highest BCUT2D eigenvalue weighted by atomic mass is 16.2. The van der Waals surface area contributed by atoms with Crippen LogP contribution in [-0.2, 0) is 4.79 Å². The smallest absolute Gasteiger partial charge is 0.242 e. The number of carbonyl (C=O) groups excluding carboxylic acids is 1. The Balaban J connectivity index is 1.33. The lowest BCUT2D eigenvalue weighted by Gasteiger charge is -2.39. The molecule has 33 heavy (non-hydrogen) atoms. The Morgan fingerprint density at radius 2 is 1.64 bits per heavy atom. The SMILES string of the molecule is O=C([C@@H]1[C@@H](Nc2nccc(N3CCCCCC3)n2)CCN1C1CCCCC1)N1CCNCC1. The number of nitrogens with one attached hydrogen (secondary N) is 2. The molecule has 0 spiro atoms. The van der Waals surface area contributed by atoms with E-state index in [4.69, 9.17) is 4.98 Å². The zero-order chi connectivity index (χ0) is 22.5. The minimum Gasteiger partial charge on any atom is -0.356 e. The molecule has 4 fully saturated rings. The third-order valence-corrected chi connectivity index (χ3v) is 8.05. The Kier molecular flexibility index (Phi) is 7.61. The average Bonchev–Trinajstić information content (AvgIpc) is 3.09. The summed E-state index contributed by atoms with van der Waals surface area (Å²) in [6.45, 7) is 6.51. The van der Waals surface area contributed by atoms with Gasteiger partial charge in [-0.1, -0.05) is 32.1 Å². The van der Waals surface area contributed by atoms with Gasteiger partial charge in [-0.3, -0.25) is 9.69 Å². The quantitative estimate of drug-likeness (QED) is 0.706. The molecule has 0 unspecified atom stereocenters. The number of nitrogens with zero attached hydrogens (tertiary/aromatic N) is 5. The lowest BCUT2D eigenvalue weighted by molar-refractivity contribution is -0.137. The van der Waals surface area contributed by atoms with E-state index in [-0.39, 0.29) is 12.1 Å². The Morgan fingerprint density at radius 3 is 2.39 bits per heavy atom. The van der Waals surface area contributed by atoms with Gasteiger partial charge in [-0.05, 0) is 38.2 Å². The fourth-order valence-electron chi connectivity index (χ4n) is 6.24. The Labute approximate surface area is 198 Å². The van der Waals surface area contributed by atoms with E-state index in [1.165, 1.54) is 57.8 Å². The van der Waals surface area contributed by atoms with Crippen LogP contribution in [-0.4, -0.2) is 89.6 Å². The Hall–Kier alpha value is -1.93. The molecule has 4 aliphatic rings. The van der Waals surface area contributed by atoms with Crippen LogP contribution in [0.3, 0.4) is 0 Å². The third kappa shape index (κ3) is 5.43. The predicted octanol–water partition coefficient (Wildman–Crippen LogP) is 2.48. The fourth-order valence-corrected chi connectivity index (χ4v) is 6.24. The summed E-state index contributed by atoms with van der Waals surface area (Å²) in [6, 6.07) is 2.51. The number of anilines is 2. The summed E-state index contributed by atoms with van der Waals surface area (Å²) in [4.78, 5) is 30.2. The molecule has 3 saturated heterocycles. The minimum atomic E-state index is -0.114. The first-order valence-corrected chi connectivity index (χ1v) is 13.4. The fraction of sp³-hybridized carbons (Fsp3) is 0.800. The third-order valence-electron chi connectivity index (χ3n) is 8.05.